The van der Waals surface area contributed by atoms with E-state index < -0.39 is 0 Å². The van der Waals surface area contributed by atoms with E-state index in [0.29, 0.717) is 5.69 Å². The average molecular weight is 276 g/mol. The number of benzene rings is 2. The average Bonchev–Trinajstić information content (AvgIpc) is 2.79. The van der Waals surface area contributed by atoms with Gasteiger partial charge < -0.3 is 5.32 Å². The van der Waals surface area contributed by atoms with E-state index in [0.717, 1.165) is 11.1 Å². The Bertz CT molecular complexity index is 627. The summed E-state index contributed by atoms with van der Waals surface area (Å²) in [5.41, 5.74) is 2.47. The molecule has 2 aromatic rings. The fraction of sp³-hybridized carbons (Fsp3) is 0.0667. The van der Waals surface area contributed by atoms with Crippen molar-refractivity contribution in [2.75, 3.05) is 11.4 Å². The number of nitrogens with zero attached hydrogens (tertiary/aromatic N) is 1. The van der Waals surface area contributed by atoms with Gasteiger partial charge in [-0.1, -0.05) is 48.5 Å². The van der Waals surface area contributed by atoms with Gasteiger partial charge in [0, 0.05) is 5.56 Å². The maximum atomic E-state index is 11.8. The van der Waals surface area contributed by atoms with Gasteiger partial charge in [0.25, 0.3) is 5.91 Å². The molecule has 0 atom stereocenters. The summed E-state index contributed by atoms with van der Waals surface area (Å²) >= 11 is 0. The number of hydrogen-bond acceptors (Lipinski definition) is 2. The Hall–Kier alpha value is -1.62. The van der Waals surface area contributed by atoms with E-state index in [-0.39, 0.29) is 48.0 Å². The van der Waals surface area contributed by atoms with E-state index in [1.165, 1.54) is 4.90 Å². The molecule has 3 amide bonds. The minimum absolute atomic E-state index is 0. The van der Waals surface area contributed by atoms with Crippen LogP contribution in [0.3, 0.4) is 0 Å². The summed E-state index contributed by atoms with van der Waals surface area (Å²) in [5.74, 6) is -0.228. The molecule has 0 radical (unpaired) electrons. The molecule has 0 spiro atoms. The summed E-state index contributed by atoms with van der Waals surface area (Å²) in [5, 5.41) is 2.53. The van der Waals surface area contributed by atoms with Gasteiger partial charge >= 0.3 is 35.6 Å². The summed E-state index contributed by atoms with van der Waals surface area (Å²) in [6.07, 6.45) is 0. The Morgan fingerprint density at radius 1 is 0.900 bits per heavy atom. The molecule has 1 fully saturated rings. The van der Waals surface area contributed by atoms with Crippen LogP contribution in [0.25, 0.3) is 11.1 Å². The molecule has 3 rings (SSSR count). The minimum atomic E-state index is -0.367. The van der Waals surface area contributed by atoms with Crippen molar-refractivity contribution in [3.05, 3.63) is 54.6 Å². The fourth-order valence-corrected chi connectivity index (χ4v) is 2.20. The quantitative estimate of drug-likeness (QED) is 0.671. The van der Waals surface area contributed by atoms with Gasteiger partial charge in [0.1, 0.15) is 0 Å². The molecule has 0 aliphatic carbocycles. The number of amides is 3. The van der Waals surface area contributed by atoms with Crippen LogP contribution in [-0.4, -0.2) is 48.0 Å². The number of imide groups is 1. The van der Waals surface area contributed by atoms with E-state index in [4.69, 9.17) is 0 Å². The van der Waals surface area contributed by atoms with E-state index >= 15 is 0 Å². The number of urea groups is 1. The van der Waals surface area contributed by atoms with Gasteiger partial charge in [0.15, 0.2) is 0 Å². The topological polar surface area (TPSA) is 49.4 Å². The van der Waals surface area contributed by atoms with E-state index in [1.807, 2.05) is 48.5 Å². The number of para-hydroxylation sites is 1. The molecule has 1 heterocycles. The summed E-state index contributed by atoms with van der Waals surface area (Å²) in [6.45, 7) is 0.0575. The standard InChI is InChI=1S/C15H12N2O2.Na.H/c18-14-10-16-15(19)17(14)13-9-5-4-8-12(13)11-6-2-1-3-7-11;;/h1-9H,10H2,(H,16,19);;. The monoisotopic (exact) mass is 276 g/mol. The maximum absolute atomic E-state index is 11.8. The predicted molar refractivity (Wildman–Crippen MR) is 79.9 cm³/mol. The van der Waals surface area contributed by atoms with Crippen LogP contribution in [-0.2, 0) is 4.79 Å². The zero-order chi connectivity index (χ0) is 13.2. The number of anilines is 1. The molecule has 0 aromatic heterocycles. The summed E-state index contributed by atoms with van der Waals surface area (Å²) < 4.78 is 0. The van der Waals surface area contributed by atoms with Gasteiger partial charge in [-0.3, -0.25) is 4.79 Å². The molecule has 96 valence electrons. The van der Waals surface area contributed by atoms with Gasteiger partial charge in [-0.15, -0.1) is 0 Å². The van der Waals surface area contributed by atoms with Crippen molar-refractivity contribution in [3.8, 4) is 11.1 Å². The Morgan fingerprint density at radius 2 is 1.55 bits per heavy atom. The number of carbonyl (C=O) groups excluding carboxylic acids is 2. The first-order valence-electron chi connectivity index (χ1n) is 6.02. The van der Waals surface area contributed by atoms with Crippen molar-refractivity contribution < 1.29 is 9.59 Å². The molecule has 0 unspecified atom stereocenters. The third-order valence-electron chi connectivity index (χ3n) is 3.07. The molecule has 1 aliphatic rings. The Balaban J connectivity index is 0.00000147. The van der Waals surface area contributed by atoms with Crippen LogP contribution in [0, 0.1) is 0 Å². The summed E-state index contributed by atoms with van der Waals surface area (Å²) in [6, 6.07) is 16.7. The fourth-order valence-electron chi connectivity index (χ4n) is 2.20. The van der Waals surface area contributed by atoms with E-state index in [2.05, 4.69) is 5.32 Å². The van der Waals surface area contributed by atoms with Crippen molar-refractivity contribution in [2.45, 2.75) is 0 Å². The predicted octanol–water partition coefficient (Wildman–Crippen LogP) is 1.76. The second-order valence-corrected chi connectivity index (χ2v) is 4.27. The van der Waals surface area contributed by atoms with Gasteiger partial charge in [-0.2, -0.15) is 0 Å². The summed E-state index contributed by atoms with van der Waals surface area (Å²) in [7, 11) is 0. The normalized spacial score (nSPS) is 13.9. The summed E-state index contributed by atoms with van der Waals surface area (Å²) in [4.78, 5) is 24.8. The van der Waals surface area contributed by atoms with E-state index in [1.54, 1.807) is 6.07 Å². The second kappa shape index (κ2) is 6.22. The van der Waals surface area contributed by atoms with Crippen molar-refractivity contribution in [2.24, 2.45) is 0 Å². The molecular formula is C15H13N2NaO2. The number of hydrogen-bond donors (Lipinski definition) is 1. The van der Waals surface area contributed by atoms with Crippen LogP contribution >= 0.6 is 0 Å². The SMILES string of the molecule is O=C1CNC(=O)N1c1ccccc1-c1ccccc1.[NaH]. The van der Waals surface area contributed by atoms with Gasteiger partial charge in [0.2, 0.25) is 0 Å². The van der Waals surface area contributed by atoms with Crippen molar-refractivity contribution in [3.63, 3.8) is 0 Å². The van der Waals surface area contributed by atoms with Crippen molar-refractivity contribution in [1.82, 2.24) is 5.32 Å². The Morgan fingerprint density at radius 3 is 2.20 bits per heavy atom. The second-order valence-electron chi connectivity index (χ2n) is 4.27. The molecule has 2 aromatic carbocycles. The molecule has 1 saturated heterocycles. The number of nitrogens with one attached hydrogen (secondary N) is 1. The molecule has 4 nitrogen and oxygen atoms in total. The molecule has 1 N–H and O–H groups in total. The molecule has 0 saturated carbocycles. The zero-order valence-corrected chi connectivity index (χ0v) is 10.2. The molecule has 0 bridgehead atoms. The Labute approximate surface area is 139 Å². The molecule has 20 heavy (non-hydrogen) atoms. The van der Waals surface area contributed by atoms with E-state index in [9.17, 15) is 9.59 Å². The first kappa shape index (κ1) is 14.8. The third kappa shape index (κ3) is 2.63. The van der Waals surface area contributed by atoms with Crippen LogP contribution in [0.15, 0.2) is 54.6 Å². The first-order valence-corrected chi connectivity index (χ1v) is 6.02. The van der Waals surface area contributed by atoms with Crippen LogP contribution in [0.5, 0.6) is 0 Å². The molecule has 1 aliphatic heterocycles. The molecule has 5 heteroatoms. The third-order valence-corrected chi connectivity index (χ3v) is 3.07. The van der Waals surface area contributed by atoms with Crippen molar-refractivity contribution >= 4 is 47.2 Å². The van der Waals surface area contributed by atoms with Gasteiger partial charge in [0.05, 0.1) is 12.2 Å². The van der Waals surface area contributed by atoms with Gasteiger partial charge in [-0.05, 0) is 11.6 Å². The molecular weight excluding hydrogens is 263 g/mol. The van der Waals surface area contributed by atoms with Crippen LogP contribution in [0.4, 0.5) is 10.5 Å². The number of carbonyl (C=O) groups is 2. The Kier molecular flexibility index (Phi) is 4.60. The van der Waals surface area contributed by atoms with Crippen LogP contribution in [0.2, 0.25) is 0 Å². The van der Waals surface area contributed by atoms with Crippen LogP contribution in [0.1, 0.15) is 0 Å². The van der Waals surface area contributed by atoms with Gasteiger partial charge in [-0.25, -0.2) is 9.69 Å². The van der Waals surface area contributed by atoms with Crippen LogP contribution < -0.4 is 10.2 Å². The first-order chi connectivity index (χ1) is 9.27. The zero-order valence-electron chi connectivity index (χ0n) is 10.2. The number of rotatable bonds is 2. The van der Waals surface area contributed by atoms with Crippen molar-refractivity contribution in [1.29, 1.82) is 0 Å².